The lowest BCUT2D eigenvalue weighted by Crippen LogP contribution is -2.26. The summed E-state index contributed by atoms with van der Waals surface area (Å²) in [7, 11) is 0. The SMILES string of the molecule is c1ccc(C[C@H](NCC[C@H]2CCCO2)c2ccccc2)cc1. The monoisotopic (exact) mass is 295 g/mol. The van der Waals surface area contributed by atoms with Crippen LogP contribution in [0.3, 0.4) is 0 Å². The van der Waals surface area contributed by atoms with Crippen molar-refractivity contribution in [3.8, 4) is 0 Å². The molecule has 1 fully saturated rings. The topological polar surface area (TPSA) is 21.3 Å². The number of ether oxygens (including phenoxy) is 1. The maximum absolute atomic E-state index is 5.72. The fourth-order valence-corrected chi connectivity index (χ4v) is 3.13. The quantitative estimate of drug-likeness (QED) is 0.829. The van der Waals surface area contributed by atoms with Crippen LogP contribution in [0.2, 0.25) is 0 Å². The second-order valence-electron chi connectivity index (χ2n) is 6.03. The molecule has 3 rings (SSSR count). The van der Waals surface area contributed by atoms with Crippen LogP contribution in [0.15, 0.2) is 60.7 Å². The van der Waals surface area contributed by atoms with Crippen molar-refractivity contribution in [2.45, 2.75) is 37.8 Å². The highest BCUT2D eigenvalue weighted by Gasteiger charge is 2.16. The predicted molar refractivity (Wildman–Crippen MR) is 90.9 cm³/mol. The lowest BCUT2D eigenvalue weighted by Gasteiger charge is -2.20. The van der Waals surface area contributed by atoms with Gasteiger partial charge in [0, 0.05) is 12.6 Å². The summed E-state index contributed by atoms with van der Waals surface area (Å²) in [5, 5.41) is 3.73. The van der Waals surface area contributed by atoms with Gasteiger partial charge >= 0.3 is 0 Å². The zero-order valence-electron chi connectivity index (χ0n) is 13.1. The molecule has 0 unspecified atom stereocenters. The lowest BCUT2D eigenvalue weighted by atomic mass is 9.98. The normalized spacial score (nSPS) is 19.2. The van der Waals surface area contributed by atoms with E-state index in [0.29, 0.717) is 12.1 Å². The molecule has 2 atom stereocenters. The van der Waals surface area contributed by atoms with E-state index in [-0.39, 0.29) is 0 Å². The first-order chi connectivity index (χ1) is 10.9. The van der Waals surface area contributed by atoms with Crippen molar-refractivity contribution in [1.82, 2.24) is 5.32 Å². The summed E-state index contributed by atoms with van der Waals surface area (Å²) in [6, 6.07) is 21.8. The van der Waals surface area contributed by atoms with Gasteiger partial charge in [0.05, 0.1) is 6.10 Å². The molecule has 0 bridgehead atoms. The van der Waals surface area contributed by atoms with E-state index < -0.39 is 0 Å². The molecule has 0 saturated carbocycles. The molecule has 1 aliphatic heterocycles. The van der Waals surface area contributed by atoms with Gasteiger partial charge in [-0.2, -0.15) is 0 Å². The molecule has 2 aromatic rings. The van der Waals surface area contributed by atoms with Gasteiger partial charge in [0.25, 0.3) is 0 Å². The maximum Gasteiger partial charge on any atom is 0.0588 e. The highest BCUT2D eigenvalue weighted by Crippen LogP contribution is 2.20. The maximum atomic E-state index is 5.72. The van der Waals surface area contributed by atoms with Crippen LogP contribution in [-0.4, -0.2) is 19.3 Å². The van der Waals surface area contributed by atoms with Crippen LogP contribution in [0.25, 0.3) is 0 Å². The highest BCUT2D eigenvalue weighted by atomic mass is 16.5. The highest BCUT2D eigenvalue weighted by molar-refractivity contribution is 5.23. The summed E-state index contributed by atoms with van der Waals surface area (Å²) in [6.07, 6.45) is 5.03. The number of nitrogens with one attached hydrogen (secondary N) is 1. The van der Waals surface area contributed by atoms with E-state index in [0.717, 1.165) is 26.0 Å². The van der Waals surface area contributed by atoms with Crippen LogP contribution in [-0.2, 0) is 11.2 Å². The molecule has 2 nitrogen and oxygen atoms in total. The number of hydrogen-bond acceptors (Lipinski definition) is 2. The van der Waals surface area contributed by atoms with Crippen molar-refractivity contribution in [3.63, 3.8) is 0 Å². The fourth-order valence-electron chi connectivity index (χ4n) is 3.13. The number of rotatable bonds is 7. The molecule has 2 heteroatoms. The molecule has 1 saturated heterocycles. The molecule has 2 aromatic carbocycles. The molecule has 0 radical (unpaired) electrons. The summed E-state index contributed by atoms with van der Waals surface area (Å²) in [4.78, 5) is 0. The van der Waals surface area contributed by atoms with Crippen LogP contribution >= 0.6 is 0 Å². The predicted octanol–water partition coefficient (Wildman–Crippen LogP) is 4.13. The Morgan fingerprint density at radius 1 is 1.00 bits per heavy atom. The first-order valence-corrected chi connectivity index (χ1v) is 8.35. The molecule has 1 aliphatic rings. The second-order valence-corrected chi connectivity index (χ2v) is 6.03. The van der Waals surface area contributed by atoms with Gasteiger partial charge in [-0.15, -0.1) is 0 Å². The molecule has 1 heterocycles. The average molecular weight is 295 g/mol. The molecule has 22 heavy (non-hydrogen) atoms. The Bertz CT molecular complexity index is 534. The van der Waals surface area contributed by atoms with E-state index in [1.165, 1.54) is 24.0 Å². The Morgan fingerprint density at radius 2 is 1.73 bits per heavy atom. The molecule has 116 valence electrons. The van der Waals surface area contributed by atoms with Gasteiger partial charge in [-0.1, -0.05) is 60.7 Å². The van der Waals surface area contributed by atoms with Crippen molar-refractivity contribution in [3.05, 3.63) is 71.8 Å². The summed E-state index contributed by atoms with van der Waals surface area (Å²) >= 11 is 0. The summed E-state index contributed by atoms with van der Waals surface area (Å²) in [5.74, 6) is 0. The van der Waals surface area contributed by atoms with E-state index in [1.807, 2.05) is 0 Å². The fraction of sp³-hybridized carbons (Fsp3) is 0.400. The van der Waals surface area contributed by atoms with Crippen molar-refractivity contribution in [2.75, 3.05) is 13.2 Å². The van der Waals surface area contributed by atoms with Crippen molar-refractivity contribution in [1.29, 1.82) is 0 Å². The number of hydrogen-bond donors (Lipinski definition) is 1. The van der Waals surface area contributed by atoms with Gasteiger partial charge in [-0.25, -0.2) is 0 Å². The van der Waals surface area contributed by atoms with Gasteiger partial charge in [-0.05, 0) is 43.4 Å². The Balaban J connectivity index is 1.61. The van der Waals surface area contributed by atoms with Gasteiger partial charge < -0.3 is 10.1 Å². The van der Waals surface area contributed by atoms with Crippen molar-refractivity contribution >= 4 is 0 Å². The van der Waals surface area contributed by atoms with Gasteiger partial charge in [0.15, 0.2) is 0 Å². The van der Waals surface area contributed by atoms with Crippen molar-refractivity contribution in [2.24, 2.45) is 0 Å². The minimum absolute atomic E-state index is 0.366. The molecular weight excluding hydrogens is 270 g/mol. The van der Waals surface area contributed by atoms with Gasteiger partial charge in [0.1, 0.15) is 0 Å². The minimum Gasteiger partial charge on any atom is -0.378 e. The third-order valence-electron chi connectivity index (χ3n) is 4.37. The zero-order valence-corrected chi connectivity index (χ0v) is 13.1. The lowest BCUT2D eigenvalue weighted by molar-refractivity contribution is 0.103. The average Bonchev–Trinajstić information content (AvgIpc) is 3.09. The van der Waals surface area contributed by atoms with Gasteiger partial charge in [-0.3, -0.25) is 0 Å². The van der Waals surface area contributed by atoms with Gasteiger partial charge in [0.2, 0.25) is 0 Å². The van der Waals surface area contributed by atoms with Crippen LogP contribution < -0.4 is 5.32 Å². The third-order valence-corrected chi connectivity index (χ3v) is 4.37. The van der Waals surface area contributed by atoms with E-state index in [4.69, 9.17) is 4.74 Å². The minimum atomic E-state index is 0.366. The third kappa shape index (κ3) is 4.43. The van der Waals surface area contributed by atoms with Crippen LogP contribution in [0.1, 0.15) is 36.4 Å². The largest absolute Gasteiger partial charge is 0.378 e. The Hall–Kier alpha value is -1.64. The summed E-state index contributed by atoms with van der Waals surface area (Å²) < 4.78 is 5.72. The second kappa shape index (κ2) is 8.11. The van der Waals surface area contributed by atoms with E-state index in [9.17, 15) is 0 Å². The van der Waals surface area contributed by atoms with E-state index in [1.54, 1.807) is 0 Å². The van der Waals surface area contributed by atoms with E-state index >= 15 is 0 Å². The van der Waals surface area contributed by atoms with E-state index in [2.05, 4.69) is 66.0 Å². The molecule has 0 aromatic heterocycles. The van der Waals surface area contributed by atoms with Crippen LogP contribution in [0.5, 0.6) is 0 Å². The Kier molecular flexibility index (Phi) is 5.63. The zero-order chi connectivity index (χ0) is 15.0. The molecule has 0 aliphatic carbocycles. The standard InChI is InChI=1S/C20H25NO/c1-3-8-17(9-4-1)16-20(18-10-5-2-6-11-18)21-14-13-19-12-7-15-22-19/h1-6,8-11,19-21H,7,12-16H2/t19-,20+/m1/s1. The molecule has 0 spiro atoms. The number of benzene rings is 2. The first kappa shape index (κ1) is 15.3. The van der Waals surface area contributed by atoms with Crippen LogP contribution in [0.4, 0.5) is 0 Å². The molecule has 1 N–H and O–H groups in total. The van der Waals surface area contributed by atoms with Crippen molar-refractivity contribution < 1.29 is 4.74 Å². The Morgan fingerprint density at radius 3 is 2.41 bits per heavy atom. The summed E-state index contributed by atoms with van der Waals surface area (Å²) in [5.41, 5.74) is 2.74. The summed E-state index contributed by atoms with van der Waals surface area (Å²) in [6.45, 7) is 1.95. The smallest absolute Gasteiger partial charge is 0.0588 e. The first-order valence-electron chi connectivity index (χ1n) is 8.35. The molecule has 0 amide bonds. The Labute approximate surface area is 133 Å². The van der Waals surface area contributed by atoms with Crippen LogP contribution in [0, 0.1) is 0 Å². The molecular formula is C20H25NO.